The fraction of sp³-hybridized carbons (Fsp3) is 0.316. The summed E-state index contributed by atoms with van der Waals surface area (Å²) < 4.78 is 10.0. The summed E-state index contributed by atoms with van der Waals surface area (Å²) in [5.41, 5.74) is 0.658. The molecule has 31 heavy (non-hydrogen) atoms. The van der Waals surface area contributed by atoms with Crippen LogP contribution in [0.3, 0.4) is 0 Å². The third-order valence-electron chi connectivity index (χ3n) is 4.45. The molecule has 0 radical (unpaired) electrons. The number of amides is 3. The second-order valence-electron chi connectivity index (χ2n) is 6.38. The lowest BCUT2D eigenvalue weighted by molar-refractivity contribution is -0.381. The Morgan fingerprint density at radius 2 is 2.00 bits per heavy atom. The molecule has 2 aromatic rings. The molecule has 1 N–H and O–H groups in total. The summed E-state index contributed by atoms with van der Waals surface area (Å²) in [7, 11) is 1.25. The van der Waals surface area contributed by atoms with Gasteiger partial charge in [-0.1, -0.05) is 17.4 Å². The smallest absolute Gasteiger partial charge is 0.366 e. The average Bonchev–Trinajstić information content (AvgIpc) is 3.41. The van der Waals surface area contributed by atoms with Gasteiger partial charge in [-0.2, -0.15) is 0 Å². The van der Waals surface area contributed by atoms with Gasteiger partial charge in [-0.25, -0.2) is 19.6 Å². The van der Waals surface area contributed by atoms with Crippen LogP contribution in [0.1, 0.15) is 34.1 Å². The molecule has 3 amide bonds. The minimum Gasteiger partial charge on any atom is -0.489 e. The van der Waals surface area contributed by atoms with Gasteiger partial charge in [0.1, 0.15) is 5.56 Å². The van der Waals surface area contributed by atoms with Gasteiger partial charge in [0, 0.05) is 24.2 Å². The van der Waals surface area contributed by atoms with Crippen molar-refractivity contribution in [1.82, 2.24) is 10.0 Å². The number of anilines is 1. The molecule has 0 bridgehead atoms. The van der Waals surface area contributed by atoms with Gasteiger partial charge in [0.15, 0.2) is 0 Å². The molecule has 0 spiro atoms. The molecule has 11 nitrogen and oxygen atoms in total. The predicted molar refractivity (Wildman–Crippen MR) is 111 cm³/mol. The monoisotopic (exact) mass is 448 g/mol. The molecule has 1 aromatic heterocycles. The fourth-order valence-corrected chi connectivity index (χ4v) is 3.93. The lowest BCUT2D eigenvalue weighted by Gasteiger charge is -2.27. The zero-order valence-electron chi connectivity index (χ0n) is 16.8. The van der Waals surface area contributed by atoms with Crippen molar-refractivity contribution in [2.75, 3.05) is 32.1 Å². The third-order valence-corrected chi connectivity index (χ3v) is 5.36. The highest BCUT2D eigenvalue weighted by molar-refractivity contribution is 7.14. The molecule has 0 saturated carbocycles. The maximum absolute atomic E-state index is 13.0. The Kier molecular flexibility index (Phi) is 6.70. The van der Waals surface area contributed by atoms with Crippen LogP contribution in [0.25, 0.3) is 0 Å². The molecule has 3 rings (SSSR count). The fourth-order valence-electron chi connectivity index (χ4n) is 3.11. The molecular weight excluding hydrogens is 428 g/mol. The van der Waals surface area contributed by atoms with Gasteiger partial charge >= 0.3 is 17.0 Å². The Bertz CT molecular complexity index is 1020. The van der Waals surface area contributed by atoms with E-state index in [0.717, 1.165) is 11.3 Å². The normalized spacial score (nSPS) is 13.1. The molecule has 164 valence electrons. The number of nitrogens with zero attached hydrogens (tertiary/aromatic N) is 3. The summed E-state index contributed by atoms with van der Waals surface area (Å²) >= 11 is 0.782. The van der Waals surface area contributed by atoms with E-state index in [2.05, 4.69) is 5.32 Å². The molecule has 1 aliphatic rings. The molecule has 0 atom stereocenters. The van der Waals surface area contributed by atoms with Gasteiger partial charge in [0.25, 0.3) is 5.91 Å². The van der Waals surface area contributed by atoms with Crippen LogP contribution in [0.2, 0.25) is 0 Å². The highest BCUT2D eigenvalue weighted by Crippen LogP contribution is 2.38. The number of rotatable bonds is 6. The first-order valence-corrected chi connectivity index (χ1v) is 10.2. The van der Waals surface area contributed by atoms with Crippen LogP contribution in [0, 0.1) is 10.1 Å². The predicted octanol–water partition coefficient (Wildman–Crippen LogP) is 3.14. The first-order chi connectivity index (χ1) is 14.9. The molecule has 1 aliphatic heterocycles. The minimum atomic E-state index is -0.620. The maximum Gasteiger partial charge on any atom is 0.366 e. The van der Waals surface area contributed by atoms with Crippen molar-refractivity contribution < 1.29 is 28.8 Å². The summed E-state index contributed by atoms with van der Waals surface area (Å²) in [6.07, 6.45) is 0.538. The zero-order chi connectivity index (χ0) is 22.5. The molecule has 1 aromatic carbocycles. The molecule has 0 aliphatic carbocycles. The number of hydrogen-bond acceptors (Lipinski definition) is 8. The third kappa shape index (κ3) is 4.58. The molecule has 0 unspecified atom stereocenters. The summed E-state index contributed by atoms with van der Waals surface area (Å²) in [4.78, 5) is 48.2. The van der Waals surface area contributed by atoms with Gasteiger partial charge in [-0.05, 0) is 31.5 Å². The van der Waals surface area contributed by atoms with Gasteiger partial charge in [0.2, 0.25) is 5.75 Å². The van der Waals surface area contributed by atoms with Crippen molar-refractivity contribution in [3.63, 3.8) is 0 Å². The molecule has 2 heterocycles. The topological polar surface area (TPSA) is 131 Å². The summed E-state index contributed by atoms with van der Waals surface area (Å²) in [6, 6.07) is 5.67. The Labute approximate surface area is 181 Å². The highest BCUT2D eigenvalue weighted by Gasteiger charge is 2.35. The maximum atomic E-state index is 13.0. The number of methoxy groups -OCH3 is 1. The number of ether oxygens (including phenoxy) is 2. The van der Waals surface area contributed by atoms with E-state index in [1.807, 2.05) is 0 Å². The number of nitrogens with one attached hydrogen (secondary N) is 1. The van der Waals surface area contributed by atoms with Crippen LogP contribution in [0.15, 0.2) is 29.6 Å². The first-order valence-electron chi connectivity index (χ1n) is 9.34. The number of hydrogen-bond donors (Lipinski definition) is 1. The second kappa shape index (κ2) is 9.43. The summed E-state index contributed by atoms with van der Waals surface area (Å²) in [5.74, 6) is -1.22. The van der Waals surface area contributed by atoms with Gasteiger partial charge in [-0.15, -0.1) is 0 Å². The zero-order valence-corrected chi connectivity index (χ0v) is 17.6. The number of urea groups is 1. The summed E-state index contributed by atoms with van der Waals surface area (Å²) in [6.45, 7) is 2.47. The minimum absolute atomic E-state index is 0.0169. The average molecular weight is 448 g/mol. The Balaban J connectivity index is 1.77. The number of hydrazine groups is 1. The van der Waals surface area contributed by atoms with Crippen molar-refractivity contribution in [2.45, 2.75) is 13.3 Å². The Morgan fingerprint density at radius 3 is 2.68 bits per heavy atom. The van der Waals surface area contributed by atoms with Gasteiger partial charge in [-0.3, -0.25) is 14.9 Å². The number of thiophene rings is 1. The number of benzene rings is 1. The Hall–Kier alpha value is -3.67. The molecule has 12 heteroatoms. The number of esters is 1. The van der Waals surface area contributed by atoms with Crippen LogP contribution in [-0.4, -0.2) is 59.7 Å². The van der Waals surface area contributed by atoms with E-state index >= 15 is 0 Å². The largest absolute Gasteiger partial charge is 0.489 e. The molecule has 1 saturated heterocycles. The number of carbonyl (C=O) groups excluding carboxylic acids is 3. The van der Waals surface area contributed by atoms with Crippen molar-refractivity contribution in [1.29, 1.82) is 0 Å². The summed E-state index contributed by atoms with van der Waals surface area (Å²) in [5, 5.41) is 17.3. The quantitative estimate of drug-likeness (QED) is 0.408. The van der Waals surface area contributed by atoms with E-state index < -0.39 is 22.8 Å². The SMILES string of the molecule is CCOC(=O)c1cccc(NC(=O)N2CCCN2C(=O)c2csc([N+](=O)[O-])c2OC)c1. The van der Waals surface area contributed by atoms with E-state index in [0.29, 0.717) is 12.1 Å². The highest BCUT2D eigenvalue weighted by atomic mass is 32.1. The lowest BCUT2D eigenvalue weighted by atomic mass is 10.2. The number of nitro groups is 1. The van der Waals surface area contributed by atoms with E-state index in [1.165, 1.54) is 28.6 Å². The van der Waals surface area contributed by atoms with Gasteiger partial charge in [0.05, 0.1) is 24.2 Å². The van der Waals surface area contributed by atoms with Crippen LogP contribution < -0.4 is 10.1 Å². The number of carbonyl (C=O) groups is 3. The van der Waals surface area contributed by atoms with Crippen LogP contribution in [0.5, 0.6) is 5.75 Å². The van der Waals surface area contributed by atoms with Crippen molar-refractivity contribution >= 4 is 39.9 Å². The van der Waals surface area contributed by atoms with E-state index in [9.17, 15) is 24.5 Å². The second-order valence-corrected chi connectivity index (χ2v) is 7.24. The van der Waals surface area contributed by atoms with Crippen LogP contribution >= 0.6 is 11.3 Å². The van der Waals surface area contributed by atoms with Crippen molar-refractivity contribution in [3.05, 3.63) is 50.9 Å². The lowest BCUT2D eigenvalue weighted by Crippen LogP contribution is -2.46. The van der Waals surface area contributed by atoms with Gasteiger partial charge < -0.3 is 14.8 Å². The Morgan fingerprint density at radius 1 is 1.26 bits per heavy atom. The van der Waals surface area contributed by atoms with E-state index in [4.69, 9.17) is 9.47 Å². The van der Waals surface area contributed by atoms with E-state index in [-0.39, 0.29) is 41.6 Å². The first kappa shape index (κ1) is 22.0. The van der Waals surface area contributed by atoms with E-state index in [1.54, 1.807) is 25.1 Å². The van der Waals surface area contributed by atoms with Crippen LogP contribution in [-0.2, 0) is 4.74 Å². The molecule has 1 fully saturated rings. The van der Waals surface area contributed by atoms with Crippen molar-refractivity contribution in [2.24, 2.45) is 0 Å². The molecular formula is C19H20N4O7S. The van der Waals surface area contributed by atoms with Crippen molar-refractivity contribution in [3.8, 4) is 5.75 Å². The standard InChI is InChI=1S/C19H20N4O7S/c1-3-30-18(25)12-6-4-7-13(10-12)20-19(26)22-9-5-8-21(22)16(24)14-11-31-17(23(27)28)15(14)29-2/h4,6-7,10-11H,3,5,8-9H2,1-2H3,(H,20,26). The van der Waals surface area contributed by atoms with Crippen LogP contribution in [0.4, 0.5) is 15.5 Å².